The third kappa shape index (κ3) is 8.93. The molecule has 8 nitrogen and oxygen atoms in total. The van der Waals surface area contributed by atoms with Crippen LogP contribution in [0.25, 0.3) is 0 Å². The van der Waals surface area contributed by atoms with Crippen LogP contribution in [-0.4, -0.2) is 133 Å². The standard InChI is InChI=1S/C22F42O8/c23-1(9(31,32)33,65-17(55,56)3(25,11(37,38)39)69-21(63)7(29,15(49,50)51)67-19(59,60)5(27,71-21)13(43,44)45)2(24,10(34,35)36)66-18(57,58)4(26,12(40,41)42)70-22(64)8(30,16(52,53)54)68-20(61,62)6(28,72-22)14(46,47)48. The molecular formula is C22F42O8. The van der Waals surface area contributed by atoms with Crippen LogP contribution < -0.4 is 0 Å². The van der Waals surface area contributed by atoms with E-state index in [1.165, 1.54) is 18.9 Å². The van der Waals surface area contributed by atoms with Crippen LogP contribution in [0, 0.1) is 0 Å². The van der Waals surface area contributed by atoms with E-state index in [1.807, 2.05) is 0 Å². The molecule has 0 amide bonds. The molecule has 10 unspecified atom stereocenters. The number of halogens is 42. The summed E-state index contributed by atoms with van der Waals surface area (Å²) < 4.78 is 593. The zero-order valence-corrected chi connectivity index (χ0v) is 30.1. The lowest BCUT2D eigenvalue weighted by Crippen LogP contribution is -2.80. The average molecular weight is 1190 g/mol. The minimum atomic E-state index is -10.3. The van der Waals surface area contributed by atoms with E-state index in [-0.39, 0.29) is 0 Å². The summed E-state index contributed by atoms with van der Waals surface area (Å²) in [5.74, 6) is -74.5. The summed E-state index contributed by atoms with van der Waals surface area (Å²) in [7, 11) is 0. The van der Waals surface area contributed by atoms with Crippen LogP contribution in [0.2, 0.25) is 0 Å². The van der Waals surface area contributed by atoms with E-state index in [2.05, 4.69) is 0 Å². The summed E-state index contributed by atoms with van der Waals surface area (Å²) >= 11 is 0. The first kappa shape index (κ1) is 64.9. The van der Waals surface area contributed by atoms with Gasteiger partial charge >= 0.3 is 133 Å². The molecule has 0 aromatic rings. The molecule has 10 atom stereocenters. The van der Waals surface area contributed by atoms with E-state index >= 15 is 26.3 Å². The van der Waals surface area contributed by atoms with Gasteiger partial charge in [-0.25, -0.2) is 0 Å². The molecule has 0 aliphatic carbocycles. The van der Waals surface area contributed by atoms with E-state index < -0.39 is 133 Å². The normalized spacial score (nSPS) is 34.4. The topological polar surface area (TPSA) is 73.8 Å². The molecule has 72 heavy (non-hydrogen) atoms. The second kappa shape index (κ2) is 16.1. The second-order valence-electron chi connectivity index (χ2n) is 12.7. The third-order valence-corrected chi connectivity index (χ3v) is 7.76. The van der Waals surface area contributed by atoms with Crippen molar-refractivity contribution in [3.8, 4) is 0 Å². The summed E-state index contributed by atoms with van der Waals surface area (Å²) in [6.07, 6.45) is -109. The SMILES string of the molecule is FC(F)(F)C1(F)OC(F)(OC(F)(C(F)(F)F)C(F)(F)OC(F)(C(F)(F)F)C(F)(OC(F)(F)C(F)(OC2(F)OC(F)(C(F)(F)F)C(F)(F)OC2(F)C(F)(F)F)C(F)(F)F)C(F)(F)F)C(F)(C(F)(F)F)OC1(F)F. The Morgan fingerprint density at radius 3 is 0.569 bits per heavy atom. The maximum Gasteiger partial charge on any atom is 0.458 e. The van der Waals surface area contributed by atoms with Crippen LogP contribution in [0.15, 0.2) is 0 Å². The second-order valence-corrected chi connectivity index (χ2v) is 12.7. The summed E-state index contributed by atoms with van der Waals surface area (Å²) in [5, 5.41) is 0. The zero-order chi connectivity index (χ0) is 58.7. The molecule has 0 aromatic heterocycles. The smallest absolute Gasteiger partial charge is 0.266 e. The highest BCUT2D eigenvalue weighted by atomic mass is 19.5. The highest BCUT2D eigenvalue weighted by Crippen LogP contribution is 2.68. The molecule has 2 aliphatic rings. The number of rotatable bonds is 11. The highest BCUT2D eigenvalue weighted by molar-refractivity contribution is 5.08. The first-order chi connectivity index (χ1) is 30.4. The summed E-state index contributed by atoms with van der Waals surface area (Å²) in [4.78, 5) is 0. The van der Waals surface area contributed by atoms with Crippen LogP contribution >= 0.6 is 0 Å². The lowest BCUT2D eigenvalue weighted by molar-refractivity contribution is -0.664. The molecule has 2 rings (SSSR count). The minimum Gasteiger partial charge on any atom is -0.266 e. The number of alkyl halides is 42. The van der Waals surface area contributed by atoms with Crippen molar-refractivity contribution in [3.05, 3.63) is 0 Å². The van der Waals surface area contributed by atoms with Gasteiger partial charge in [-0.2, -0.15) is 184 Å². The highest BCUT2D eigenvalue weighted by Gasteiger charge is 2.98. The Bertz CT molecular complexity index is 1860. The molecule has 2 heterocycles. The number of hydrogen-bond donors (Lipinski definition) is 0. The van der Waals surface area contributed by atoms with Gasteiger partial charge in [0.25, 0.3) is 0 Å². The van der Waals surface area contributed by atoms with Crippen molar-refractivity contribution >= 4 is 0 Å². The van der Waals surface area contributed by atoms with E-state index in [4.69, 9.17) is 0 Å². The van der Waals surface area contributed by atoms with E-state index in [9.17, 15) is 158 Å². The van der Waals surface area contributed by atoms with Crippen LogP contribution in [0.1, 0.15) is 0 Å². The Hall–Kier alpha value is -3.26. The van der Waals surface area contributed by atoms with Crippen LogP contribution in [0.4, 0.5) is 184 Å². The molecular weight excluding hydrogens is 1190 g/mol. The molecule has 0 spiro atoms. The van der Waals surface area contributed by atoms with Crippen LogP contribution in [-0.2, 0) is 37.9 Å². The van der Waals surface area contributed by atoms with Crippen molar-refractivity contribution in [2.45, 2.75) is 133 Å². The van der Waals surface area contributed by atoms with Crippen molar-refractivity contribution in [1.29, 1.82) is 0 Å². The van der Waals surface area contributed by atoms with Crippen molar-refractivity contribution < 1.29 is 222 Å². The first-order valence-corrected chi connectivity index (χ1v) is 15.0. The van der Waals surface area contributed by atoms with Gasteiger partial charge in [0.1, 0.15) is 0 Å². The van der Waals surface area contributed by atoms with Crippen molar-refractivity contribution in [2.24, 2.45) is 0 Å². The molecule has 0 N–H and O–H groups in total. The van der Waals surface area contributed by atoms with Gasteiger partial charge in [0, 0.05) is 0 Å². The monoisotopic (exact) mass is 1190 g/mol. The lowest BCUT2D eigenvalue weighted by Gasteiger charge is -2.52. The van der Waals surface area contributed by atoms with Gasteiger partial charge in [-0.15, -0.1) is 0 Å². The molecule has 0 radical (unpaired) electrons. The van der Waals surface area contributed by atoms with E-state index in [1.54, 1.807) is 0 Å². The molecule has 50 heteroatoms. The predicted molar refractivity (Wildman–Crippen MR) is 115 cm³/mol. The molecule has 2 fully saturated rings. The molecule has 430 valence electrons. The predicted octanol–water partition coefficient (Wildman–Crippen LogP) is 12.6. The maximum atomic E-state index is 15.3. The zero-order valence-electron chi connectivity index (χ0n) is 30.1. The largest absolute Gasteiger partial charge is 0.458 e. The Morgan fingerprint density at radius 1 is 0.236 bits per heavy atom. The fourth-order valence-electron chi connectivity index (χ4n) is 4.31. The summed E-state index contributed by atoms with van der Waals surface area (Å²) in [5.41, 5.74) is 0. The average Bonchev–Trinajstić information content (AvgIpc) is 3.05. The lowest BCUT2D eigenvalue weighted by atomic mass is 10.1. The molecule has 2 aliphatic heterocycles. The summed E-state index contributed by atoms with van der Waals surface area (Å²) in [6, 6.07) is -18.0. The van der Waals surface area contributed by atoms with Gasteiger partial charge in [-0.05, 0) is 0 Å². The van der Waals surface area contributed by atoms with Crippen molar-refractivity contribution in [2.75, 3.05) is 0 Å². The van der Waals surface area contributed by atoms with Gasteiger partial charge in [-0.1, -0.05) is 0 Å². The molecule has 0 saturated carbocycles. The third-order valence-electron chi connectivity index (χ3n) is 7.76. The quantitative estimate of drug-likeness (QED) is 0.190. The van der Waals surface area contributed by atoms with Gasteiger partial charge in [0.15, 0.2) is 0 Å². The minimum absolute atomic E-state index is 0.594. The Balaban J connectivity index is 3.17. The van der Waals surface area contributed by atoms with Crippen molar-refractivity contribution in [3.63, 3.8) is 0 Å². The number of ether oxygens (including phenoxy) is 8. The van der Waals surface area contributed by atoms with Crippen LogP contribution in [0.3, 0.4) is 0 Å². The van der Waals surface area contributed by atoms with Gasteiger partial charge in [0.2, 0.25) is 0 Å². The fraction of sp³-hybridized carbons (Fsp3) is 1.00. The Morgan fingerprint density at radius 2 is 0.417 bits per heavy atom. The first-order valence-electron chi connectivity index (χ1n) is 15.0. The van der Waals surface area contributed by atoms with Crippen molar-refractivity contribution in [1.82, 2.24) is 0 Å². The maximum absolute atomic E-state index is 15.3. The van der Waals surface area contributed by atoms with E-state index in [0.717, 1.165) is 9.47 Å². The Kier molecular flexibility index (Phi) is 14.5. The van der Waals surface area contributed by atoms with Gasteiger partial charge < -0.3 is 0 Å². The fourth-order valence-corrected chi connectivity index (χ4v) is 4.31. The van der Waals surface area contributed by atoms with E-state index in [0.29, 0.717) is 9.47 Å². The molecule has 2 saturated heterocycles. The number of hydrogen-bond acceptors (Lipinski definition) is 8. The summed E-state index contributed by atoms with van der Waals surface area (Å²) in [6.45, 7) is 0. The van der Waals surface area contributed by atoms with Crippen LogP contribution in [0.5, 0.6) is 0 Å². The Labute approximate surface area is 356 Å². The van der Waals surface area contributed by atoms with Gasteiger partial charge in [0.05, 0.1) is 0 Å². The molecule has 0 aromatic carbocycles. The van der Waals surface area contributed by atoms with Gasteiger partial charge in [-0.3, -0.25) is 37.9 Å². The molecule has 0 bridgehead atoms.